The Morgan fingerprint density at radius 1 is 1.32 bits per heavy atom. The molecule has 100 valence electrons. The predicted molar refractivity (Wildman–Crippen MR) is 73.9 cm³/mol. The van der Waals surface area contributed by atoms with Crippen LogP contribution in [0.2, 0.25) is 5.15 Å². The number of non-ortho nitro benzene ring substituents is 1. The Labute approximate surface area is 116 Å². The van der Waals surface area contributed by atoms with Gasteiger partial charge < -0.3 is 0 Å². The first-order valence-corrected chi connectivity index (χ1v) is 6.18. The number of nitro groups is 1. The highest BCUT2D eigenvalue weighted by molar-refractivity contribution is 6.29. The zero-order valence-corrected chi connectivity index (χ0v) is 11.7. The molecule has 0 bridgehead atoms. The molecule has 0 saturated carbocycles. The minimum absolute atomic E-state index is 0.0152. The van der Waals surface area contributed by atoms with Crippen LogP contribution in [0.3, 0.4) is 0 Å². The van der Waals surface area contributed by atoms with E-state index in [1.54, 1.807) is 18.2 Å². The lowest BCUT2D eigenvalue weighted by molar-refractivity contribution is -0.384. The van der Waals surface area contributed by atoms with Crippen LogP contribution < -0.4 is 0 Å². The van der Waals surface area contributed by atoms with E-state index in [0.29, 0.717) is 10.8 Å². The third-order valence-electron chi connectivity index (χ3n) is 2.72. The van der Waals surface area contributed by atoms with E-state index in [4.69, 9.17) is 11.6 Å². The smallest absolute Gasteiger partial charge is 0.258 e. The fourth-order valence-corrected chi connectivity index (χ4v) is 1.88. The molecule has 0 aliphatic rings. The van der Waals surface area contributed by atoms with Crippen LogP contribution in [0.25, 0.3) is 5.69 Å². The van der Waals surface area contributed by atoms with E-state index in [9.17, 15) is 10.1 Å². The summed E-state index contributed by atoms with van der Waals surface area (Å²) in [5.41, 5.74) is 1.30. The summed E-state index contributed by atoms with van der Waals surface area (Å²) in [6.45, 7) is 6.09. The van der Waals surface area contributed by atoms with Crippen LogP contribution in [0.5, 0.6) is 0 Å². The second-order valence-corrected chi connectivity index (χ2v) is 5.68. The molecule has 0 aliphatic carbocycles. The van der Waals surface area contributed by atoms with Crippen LogP contribution >= 0.6 is 11.6 Å². The summed E-state index contributed by atoms with van der Waals surface area (Å²) in [5.74, 6) is 0. The largest absolute Gasteiger partial charge is 0.271 e. The van der Waals surface area contributed by atoms with Gasteiger partial charge in [-0.05, 0) is 12.1 Å². The molecular weight excluding hydrogens is 266 g/mol. The van der Waals surface area contributed by atoms with Crippen LogP contribution in [0.4, 0.5) is 5.69 Å². The Morgan fingerprint density at radius 2 is 2.00 bits per heavy atom. The molecule has 0 atom stereocenters. The summed E-state index contributed by atoms with van der Waals surface area (Å²) >= 11 is 6.15. The van der Waals surface area contributed by atoms with E-state index >= 15 is 0 Å². The number of rotatable bonds is 2. The molecule has 2 rings (SSSR count). The maximum atomic E-state index is 10.8. The van der Waals surface area contributed by atoms with Crippen molar-refractivity contribution < 1.29 is 4.92 Å². The Kier molecular flexibility index (Phi) is 3.32. The van der Waals surface area contributed by atoms with Gasteiger partial charge in [-0.15, -0.1) is 0 Å². The number of hydrogen-bond acceptors (Lipinski definition) is 3. The van der Waals surface area contributed by atoms with Crippen molar-refractivity contribution in [2.75, 3.05) is 0 Å². The van der Waals surface area contributed by atoms with Gasteiger partial charge in [-0.3, -0.25) is 10.1 Å². The second kappa shape index (κ2) is 4.66. The highest BCUT2D eigenvalue weighted by Gasteiger charge is 2.20. The predicted octanol–water partition coefficient (Wildman–Crippen LogP) is 3.73. The molecule has 19 heavy (non-hydrogen) atoms. The number of aromatic nitrogens is 2. The van der Waals surface area contributed by atoms with Crippen LogP contribution in [0.1, 0.15) is 26.5 Å². The van der Waals surface area contributed by atoms with Gasteiger partial charge in [0.1, 0.15) is 5.15 Å². The lowest BCUT2D eigenvalue weighted by Crippen LogP contribution is -2.12. The Bertz CT molecular complexity index is 629. The van der Waals surface area contributed by atoms with Crippen molar-refractivity contribution in [2.45, 2.75) is 26.2 Å². The summed E-state index contributed by atoms with van der Waals surface area (Å²) in [4.78, 5) is 10.3. The normalized spacial score (nSPS) is 11.6. The van der Waals surface area contributed by atoms with E-state index in [0.717, 1.165) is 5.69 Å². The van der Waals surface area contributed by atoms with Crippen molar-refractivity contribution in [1.29, 1.82) is 0 Å². The van der Waals surface area contributed by atoms with Gasteiger partial charge in [-0.1, -0.05) is 38.4 Å². The summed E-state index contributed by atoms with van der Waals surface area (Å²) in [6.07, 6.45) is 0. The maximum absolute atomic E-state index is 10.8. The van der Waals surface area contributed by atoms with Crippen molar-refractivity contribution >= 4 is 17.3 Å². The third-order valence-corrected chi connectivity index (χ3v) is 2.99. The molecular formula is C13H14ClN3O2. The second-order valence-electron chi connectivity index (χ2n) is 5.29. The lowest BCUT2D eigenvalue weighted by Gasteiger charge is -2.14. The highest BCUT2D eigenvalue weighted by atomic mass is 35.5. The summed E-state index contributed by atoms with van der Waals surface area (Å²) in [6, 6.07) is 8.01. The zero-order chi connectivity index (χ0) is 14.2. The fraction of sp³-hybridized carbons (Fsp3) is 0.308. The molecule has 0 amide bonds. The first-order chi connectivity index (χ1) is 8.79. The van der Waals surface area contributed by atoms with Gasteiger partial charge in [0, 0.05) is 17.5 Å². The summed E-state index contributed by atoms with van der Waals surface area (Å²) < 4.78 is 1.51. The van der Waals surface area contributed by atoms with Crippen molar-refractivity contribution in [3.05, 3.63) is 51.3 Å². The van der Waals surface area contributed by atoms with Crippen molar-refractivity contribution in [3.63, 3.8) is 0 Å². The SMILES string of the molecule is CC(C)(C)c1cc(Cl)n(-c2cccc([N+](=O)[O-])c2)n1. The van der Waals surface area contributed by atoms with Gasteiger partial charge in [0.25, 0.3) is 5.69 Å². The highest BCUT2D eigenvalue weighted by Crippen LogP contribution is 2.27. The zero-order valence-electron chi connectivity index (χ0n) is 10.9. The molecule has 1 heterocycles. The maximum Gasteiger partial charge on any atom is 0.271 e. The minimum Gasteiger partial charge on any atom is -0.258 e. The van der Waals surface area contributed by atoms with Crippen molar-refractivity contribution in [3.8, 4) is 5.69 Å². The van der Waals surface area contributed by atoms with Crippen LogP contribution in [0, 0.1) is 10.1 Å². The van der Waals surface area contributed by atoms with Gasteiger partial charge in [0.05, 0.1) is 16.3 Å². The first-order valence-electron chi connectivity index (χ1n) is 5.80. The molecule has 0 spiro atoms. The molecule has 0 N–H and O–H groups in total. The van der Waals surface area contributed by atoms with Crippen LogP contribution in [0.15, 0.2) is 30.3 Å². The Balaban J connectivity index is 2.50. The molecule has 0 radical (unpaired) electrons. The molecule has 0 unspecified atom stereocenters. The Hall–Kier alpha value is -1.88. The van der Waals surface area contributed by atoms with Crippen LogP contribution in [-0.2, 0) is 5.41 Å². The van der Waals surface area contributed by atoms with Gasteiger partial charge in [0.15, 0.2) is 0 Å². The number of halogens is 1. The number of benzene rings is 1. The summed E-state index contributed by atoms with van der Waals surface area (Å²) in [5, 5.41) is 15.6. The average Bonchev–Trinajstić information content (AvgIpc) is 2.71. The monoisotopic (exact) mass is 279 g/mol. The molecule has 1 aromatic carbocycles. The number of hydrogen-bond donors (Lipinski definition) is 0. The molecule has 0 aliphatic heterocycles. The van der Waals surface area contributed by atoms with E-state index in [1.807, 2.05) is 20.8 Å². The standard InChI is InChI=1S/C13H14ClN3O2/c1-13(2,3)11-8-12(14)16(15-11)9-5-4-6-10(7-9)17(18)19/h4-8H,1-3H3. The average molecular weight is 280 g/mol. The van der Waals surface area contributed by atoms with E-state index in [2.05, 4.69) is 5.10 Å². The Morgan fingerprint density at radius 3 is 2.53 bits per heavy atom. The minimum atomic E-state index is -0.439. The molecule has 2 aromatic rings. The van der Waals surface area contributed by atoms with Gasteiger partial charge in [-0.25, -0.2) is 4.68 Å². The van der Waals surface area contributed by atoms with Gasteiger partial charge in [0.2, 0.25) is 0 Å². The topological polar surface area (TPSA) is 61.0 Å². The number of nitrogens with zero attached hydrogens (tertiary/aromatic N) is 3. The fourth-order valence-electron chi connectivity index (χ4n) is 1.64. The number of nitro benzene ring substituents is 1. The molecule has 5 nitrogen and oxygen atoms in total. The molecule has 6 heteroatoms. The van der Waals surface area contributed by atoms with Gasteiger partial charge >= 0.3 is 0 Å². The third kappa shape index (κ3) is 2.76. The van der Waals surface area contributed by atoms with Crippen LogP contribution in [-0.4, -0.2) is 14.7 Å². The van der Waals surface area contributed by atoms with Gasteiger partial charge in [-0.2, -0.15) is 5.10 Å². The van der Waals surface area contributed by atoms with E-state index in [-0.39, 0.29) is 11.1 Å². The molecule has 0 fully saturated rings. The van der Waals surface area contributed by atoms with Crippen molar-refractivity contribution in [1.82, 2.24) is 9.78 Å². The van der Waals surface area contributed by atoms with E-state index < -0.39 is 4.92 Å². The van der Waals surface area contributed by atoms with E-state index in [1.165, 1.54) is 16.8 Å². The summed E-state index contributed by atoms with van der Waals surface area (Å²) in [7, 11) is 0. The molecule has 1 aromatic heterocycles. The first kappa shape index (κ1) is 13.5. The van der Waals surface area contributed by atoms with Crippen molar-refractivity contribution in [2.24, 2.45) is 0 Å². The molecule has 0 saturated heterocycles. The quantitative estimate of drug-likeness (QED) is 0.621. The lowest BCUT2D eigenvalue weighted by atomic mass is 9.93.